The number of likely N-dealkylation sites (tertiary alicyclic amines) is 1. The number of hydrogen-bond acceptors (Lipinski definition) is 3. The summed E-state index contributed by atoms with van der Waals surface area (Å²) in [5.74, 6) is -0.548. The van der Waals surface area contributed by atoms with Crippen LogP contribution < -0.4 is 10.6 Å². The standard InChI is InChI=1S/C19H25N3O3/c1-2-20-18(24)13-6-5-7-15(10-13)21-19(25)14-11-17(23)22(12-14)16-8-3-4-9-16/h5-7,10,14,16H,2-4,8-9,11-12H2,1H3,(H,20,24)(H,21,25). The molecule has 0 spiro atoms. The SMILES string of the molecule is CCNC(=O)c1cccc(NC(=O)C2CC(=O)N(C3CCCC3)C2)c1. The molecule has 2 N–H and O–H groups in total. The van der Waals surface area contributed by atoms with Gasteiger partial charge >= 0.3 is 0 Å². The normalized spacial score (nSPS) is 20.8. The Morgan fingerprint density at radius 2 is 2.00 bits per heavy atom. The lowest BCUT2D eigenvalue weighted by atomic mass is 10.1. The summed E-state index contributed by atoms with van der Waals surface area (Å²) in [6, 6.07) is 7.18. The Bertz CT molecular complexity index is 668. The van der Waals surface area contributed by atoms with Gasteiger partial charge in [0.2, 0.25) is 11.8 Å². The molecule has 6 nitrogen and oxygen atoms in total. The Hall–Kier alpha value is -2.37. The van der Waals surface area contributed by atoms with Gasteiger partial charge in [-0.1, -0.05) is 18.9 Å². The van der Waals surface area contributed by atoms with Gasteiger partial charge in [-0.3, -0.25) is 14.4 Å². The van der Waals surface area contributed by atoms with Crippen molar-refractivity contribution in [1.82, 2.24) is 10.2 Å². The van der Waals surface area contributed by atoms with Crippen LogP contribution in [-0.2, 0) is 9.59 Å². The van der Waals surface area contributed by atoms with Gasteiger partial charge in [0.1, 0.15) is 0 Å². The average molecular weight is 343 g/mol. The highest BCUT2D eigenvalue weighted by Gasteiger charge is 2.38. The highest BCUT2D eigenvalue weighted by molar-refractivity contribution is 5.99. The molecule has 2 aliphatic rings. The molecule has 1 unspecified atom stereocenters. The number of nitrogens with zero attached hydrogens (tertiary/aromatic N) is 1. The maximum Gasteiger partial charge on any atom is 0.251 e. The van der Waals surface area contributed by atoms with Gasteiger partial charge in [-0.25, -0.2) is 0 Å². The van der Waals surface area contributed by atoms with Crippen molar-refractivity contribution < 1.29 is 14.4 Å². The predicted molar refractivity (Wildman–Crippen MR) is 95.2 cm³/mol. The number of rotatable bonds is 5. The molecule has 1 saturated carbocycles. The third-order valence-electron chi connectivity index (χ3n) is 5.02. The molecule has 134 valence electrons. The second-order valence-electron chi connectivity index (χ2n) is 6.81. The minimum absolute atomic E-state index is 0.0862. The molecule has 1 saturated heterocycles. The first-order chi connectivity index (χ1) is 12.1. The Morgan fingerprint density at radius 1 is 1.24 bits per heavy atom. The van der Waals surface area contributed by atoms with E-state index >= 15 is 0 Å². The Morgan fingerprint density at radius 3 is 2.72 bits per heavy atom. The fraction of sp³-hybridized carbons (Fsp3) is 0.526. The largest absolute Gasteiger partial charge is 0.352 e. The number of carbonyl (C=O) groups is 3. The fourth-order valence-electron chi connectivity index (χ4n) is 3.72. The summed E-state index contributed by atoms with van der Waals surface area (Å²) in [4.78, 5) is 38.6. The van der Waals surface area contributed by atoms with E-state index in [4.69, 9.17) is 0 Å². The first-order valence-electron chi connectivity index (χ1n) is 9.07. The number of amides is 3. The Kier molecular flexibility index (Phi) is 5.36. The number of benzene rings is 1. The molecule has 0 aromatic heterocycles. The summed E-state index contributed by atoms with van der Waals surface area (Å²) in [5, 5.41) is 5.59. The molecule has 3 rings (SSSR count). The van der Waals surface area contributed by atoms with Crippen molar-refractivity contribution in [2.24, 2.45) is 5.92 Å². The van der Waals surface area contributed by atoms with Crippen LogP contribution in [0.2, 0.25) is 0 Å². The molecular formula is C19H25N3O3. The van der Waals surface area contributed by atoms with Crippen molar-refractivity contribution in [3.05, 3.63) is 29.8 Å². The third kappa shape index (κ3) is 4.00. The lowest BCUT2D eigenvalue weighted by Gasteiger charge is -2.23. The van der Waals surface area contributed by atoms with Crippen LogP contribution in [0.3, 0.4) is 0 Å². The van der Waals surface area contributed by atoms with Crippen molar-refractivity contribution in [3.63, 3.8) is 0 Å². The lowest BCUT2D eigenvalue weighted by molar-refractivity contribution is -0.129. The van der Waals surface area contributed by atoms with Crippen LogP contribution in [0.4, 0.5) is 5.69 Å². The van der Waals surface area contributed by atoms with Crippen LogP contribution in [0.1, 0.15) is 49.4 Å². The molecule has 1 atom stereocenters. The monoisotopic (exact) mass is 343 g/mol. The molecule has 0 bridgehead atoms. The Labute approximate surface area is 148 Å². The second kappa shape index (κ2) is 7.68. The van der Waals surface area contributed by atoms with Crippen molar-refractivity contribution in [1.29, 1.82) is 0 Å². The minimum Gasteiger partial charge on any atom is -0.352 e. The van der Waals surface area contributed by atoms with Crippen LogP contribution in [0, 0.1) is 5.92 Å². The van der Waals surface area contributed by atoms with Crippen LogP contribution >= 0.6 is 0 Å². The van der Waals surface area contributed by atoms with Gasteiger partial charge in [0.15, 0.2) is 0 Å². The summed E-state index contributed by atoms with van der Waals surface area (Å²) < 4.78 is 0. The summed E-state index contributed by atoms with van der Waals surface area (Å²) in [6.45, 7) is 2.92. The summed E-state index contributed by atoms with van der Waals surface area (Å²) in [6.07, 6.45) is 4.71. The van der Waals surface area contributed by atoms with Gasteiger partial charge < -0.3 is 15.5 Å². The van der Waals surface area contributed by atoms with E-state index in [0.717, 1.165) is 25.7 Å². The molecule has 3 amide bonds. The number of carbonyl (C=O) groups excluding carboxylic acids is 3. The highest BCUT2D eigenvalue weighted by Crippen LogP contribution is 2.30. The maximum absolute atomic E-state index is 12.5. The van der Waals surface area contributed by atoms with Crippen LogP contribution in [0.5, 0.6) is 0 Å². The number of hydrogen-bond donors (Lipinski definition) is 2. The second-order valence-corrected chi connectivity index (χ2v) is 6.81. The van der Waals surface area contributed by atoms with E-state index < -0.39 is 0 Å². The predicted octanol–water partition coefficient (Wildman–Crippen LogP) is 2.17. The van der Waals surface area contributed by atoms with Gasteiger partial charge in [-0.15, -0.1) is 0 Å². The number of nitrogens with one attached hydrogen (secondary N) is 2. The summed E-state index contributed by atoms with van der Waals surface area (Å²) in [5.41, 5.74) is 1.09. The fourth-order valence-corrected chi connectivity index (χ4v) is 3.72. The van der Waals surface area contributed by atoms with Gasteiger partial charge in [-0.2, -0.15) is 0 Å². The van der Waals surface area contributed by atoms with Gasteiger partial charge in [-0.05, 0) is 38.0 Å². The quantitative estimate of drug-likeness (QED) is 0.860. The zero-order chi connectivity index (χ0) is 17.8. The van der Waals surface area contributed by atoms with E-state index in [0.29, 0.717) is 30.4 Å². The first-order valence-corrected chi connectivity index (χ1v) is 9.07. The molecule has 1 aromatic carbocycles. The van der Waals surface area contributed by atoms with Crippen molar-refractivity contribution >= 4 is 23.4 Å². The van der Waals surface area contributed by atoms with E-state index in [1.165, 1.54) is 0 Å². The van der Waals surface area contributed by atoms with Crippen LogP contribution in [-0.4, -0.2) is 41.8 Å². The van der Waals surface area contributed by atoms with Crippen molar-refractivity contribution in [3.8, 4) is 0 Å². The smallest absolute Gasteiger partial charge is 0.251 e. The molecular weight excluding hydrogens is 318 g/mol. The van der Waals surface area contributed by atoms with Gasteiger partial charge in [0.25, 0.3) is 5.91 Å². The summed E-state index contributed by atoms with van der Waals surface area (Å²) >= 11 is 0. The molecule has 25 heavy (non-hydrogen) atoms. The molecule has 2 fully saturated rings. The van der Waals surface area contributed by atoms with Gasteiger partial charge in [0, 0.05) is 36.8 Å². The molecule has 6 heteroatoms. The molecule has 1 aliphatic heterocycles. The number of anilines is 1. The van der Waals surface area contributed by atoms with Crippen LogP contribution in [0.25, 0.3) is 0 Å². The Balaban J connectivity index is 1.62. The first kappa shape index (κ1) is 17.5. The molecule has 1 heterocycles. The topological polar surface area (TPSA) is 78.5 Å². The van der Waals surface area contributed by atoms with Gasteiger partial charge in [0.05, 0.1) is 5.92 Å². The third-order valence-corrected chi connectivity index (χ3v) is 5.02. The van der Waals surface area contributed by atoms with E-state index in [2.05, 4.69) is 10.6 Å². The average Bonchev–Trinajstić information content (AvgIpc) is 3.24. The molecule has 1 aromatic rings. The zero-order valence-electron chi connectivity index (χ0n) is 14.6. The maximum atomic E-state index is 12.5. The van der Waals surface area contributed by atoms with Crippen molar-refractivity contribution in [2.75, 3.05) is 18.4 Å². The van der Waals surface area contributed by atoms with E-state index in [1.807, 2.05) is 11.8 Å². The van der Waals surface area contributed by atoms with Crippen molar-refractivity contribution in [2.45, 2.75) is 45.1 Å². The minimum atomic E-state index is -0.318. The zero-order valence-corrected chi connectivity index (χ0v) is 14.6. The van der Waals surface area contributed by atoms with E-state index in [1.54, 1.807) is 24.3 Å². The van der Waals surface area contributed by atoms with E-state index in [9.17, 15) is 14.4 Å². The van der Waals surface area contributed by atoms with Crippen LogP contribution in [0.15, 0.2) is 24.3 Å². The molecule has 0 radical (unpaired) electrons. The highest BCUT2D eigenvalue weighted by atomic mass is 16.2. The van der Waals surface area contributed by atoms with E-state index in [-0.39, 0.29) is 30.1 Å². The molecule has 1 aliphatic carbocycles. The lowest BCUT2D eigenvalue weighted by Crippen LogP contribution is -2.35. The summed E-state index contributed by atoms with van der Waals surface area (Å²) in [7, 11) is 0.